The molecule has 4 aliphatic carbocycles. The van der Waals surface area contributed by atoms with Crippen molar-refractivity contribution in [1.82, 2.24) is 40.3 Å². The van der Waals surface area contributed by atoms with Gasteiger partial charge in [0.05, 0.1) is 61.6 Å². The molecule has 2 unspecified atom stereocenters. The molecule has 6 aliphatic rings. The molecule has 95 heavy (non-hydrogen) atoms. The number of aromatic nitrogens is 2. The molecule has 4 heterocycles. The zero-order valence-electron chi connectivity index (χ0n) is 55.8. The first-order valence-electron chi connectivity index (χ1n) is 31.7. The van der Waals surface area contributed by atoms with Crippen molar-refractivity contribution < 1.29 is 89.3 Å². The first-order chi connectivity index (χ1) is 44.5. The van der Waals surface area contributed by atoms with Gasteiger partial charge in [0.15, 0.2) is 6.10 Å². The number of rotatable bonds is 24. The quantitative estimate of drug-likeness (QED) is 0.0445. The Balaban J connectivity index is 0.000000218. The topological polar surface area (TPSA) is 376 Å². The van der Waals surface area contributed by atoms with Gasteiger partial charge < -0.3 is 64.6 Å². The highest BCUT2D eigenvalue weighted by atomic mass is 32.2. The minimum Gasteiger partial charge on any atom is -0.496 e. The lowest BCUT2D eigenvalue weighted by Gasteiger charge is -2.32. The van der Waals surface area contributed by atoms with E-state index in [0.29, 0.717) is 109 Å². The van der Waals surface area contributed by atoms with Gasteiger partial charge in [0.2, 0.25) is 43.6 Å². The highest BCUT2D eigenvalue weighted by Gasteiger charge is 2.63. The first-order valence-corrected chi connectivity index (χ1v) is 34.8. The molecule has 10 atom stereocenters. The molecule has 5 amide bonds. The Morgan fingerprint density at radius 2 is 1.11 bits per heavy atom. The predicted molar refractivity (Wildman–Crippen MR) is 351 cm³/mol. The summed E-state index contributed by atoms with van der Waals surface area (Å²) >= 11 is 0. The van der Waals surface area contributed by atoms with Gasteiger partial charge in [0.1, 0.15) is 58.4 Å². The molecule has 27 nitrogen and oxygen atoms in total. The number of amides is 5. The molecule has 4 saturated carbocycles. The summed E-state index contributed by atoms with van der Waals surface area (Å²) < 4.78 is 89.2. The Morgan fingerprint density at radius 1 is 0.674 bits per heavy atom. The first kappa shape index (κ1) is 73.0. The maximum absolute atomic E-state index is 14.0. The number of carboxylic acid groups (broad SMARTS) is 1. The number of aliphatic hydroxyl groups is 2. The lowest BCUT2D eigenvalue weighted by atomic mass is 9.88. The lowest BCUT2D eigenvalue weighted by Crippen LogP contribution is -2.57. The van der Waals surface area contributed by atoms with Gasteiger partial charge in [-0.15, -0.1) is 13.2 Å². The summed E-state index contributed by atoms with van der Waals surface area (Å²) in [7, 11) is -4.44. The third-order valence-corrected chi connectivity index (χ3v) is 21.4. The second kappa shape index (κ2) is 28.5. The van der Waals surface area contributed by atoms with E-state index in [9.17, 15) is 50.7 Å². The van der Waals surface area contributed by atoms with Crippen molar-refractivity contribution in [2.24, 2.45) is 22.7 Å². The van der Waals surface area contributed by atoms with E-state index < -0.39 is 118 Å². The fourth-order valence-electron chi connectivity index (χ4n) is 11.5. The van der Waals surface area contributed by atoms with E-state index >= 15 is 0 Å². The molecule has 6 fully saturated rings. The summed E-state index contributed by atoms with van der Waals surface area (Å²) in [6, 6.07) is 9.00. The molecule has 0 bridgehead atoms. The second-order valence-corrected chi connectivity index (χ2v) is 30.9. The number of pyridine rings is 2. The maximum atomic E-state index is 14.0. The molecule has 2 aliphatic heterocycles. The summed E-state index contributed by atoms with van der Waals surface area (Å²) in [5.41, 5.74) is -1.29. The van der Waals surface area contributed by atoms with Crippen LogP contribution in [0.25, 0.3) is 21.8 Å². The minimum atomic E-state index is -3.87. The molecular weight excluding hydrogens is 1270 g/mol. The number of fused-ring (bicyclic) bond motifs is 2. The molecule has 2 saturated heterocycles. The smallest absolute Gasteiger partial charge is 0.333 e. The second-order valence-electron chi connectivity index (χ2n) is 27.0. The SMILES string of the molecule is C=CC1C[C@]1(NC(=O)[C@@H]1C[C@@H](Oc2cc(OCC)nc3c(C)c(OC)ccc23)CN1)C(=O)NS(=O)(=O)C1CC1.C=CC1C[C@]1(NC(=O)[C@@H]1C[C@@H](Oc2cc(OCC)nc3c(C)c(OC)ccc23)CN1C(=O)[C@@H](O)C(C)(C)C)C(=O)NS(=O)(=O)C1CC1.CC(C)(C)[C@H](O)C(=O)O. The fraction of sp³-hybridized carbons (Fsp3) is 0.576. The van der Waals surface area contributed by atoms with Crippen LogP contribution in [0, 0.1) is 36.5 Å². The Bertz CT molecular complexity index is 3870. The Kier molecular flexibility index (Phi) is 21.9. The number of hydrogen-bond donors (Lipinski definition) is 8. The van der Waals surface area contributed by atoms with Crippen LogP contribution in [0.4, 0.5) is 0 Å². The van der Waals surface area contributed by atoms with Gasteiger partial charge in [-0.1, -0.05) is 53.7 Å². The van der Waals surface area contributed by atoms with Gasteiger partial charge >= 0.3 is 5.97 Å². The van der Waals surface area contributed by atoms with Crippen molar-refractivity contribution in [2.75, 3.05) is 40.5 Å². The van der Waals surface area contributed by atoms with E-state index in [0.717, 1.165) is 16.5 Å². The van der Waals surface area contributed by atoms with Crippen LogP contribution in [0.3, 0.4) is 0 Å². The fourth-order valence-corrected chi connectivity index (χ4v) is 14.2. The van der Waals surface area contributed by atoms with E-state index in [-0.39, 0.29) is 37.3 Å². The number of carbonyl (C=O) groups is 6. The molecule has 8 N–H and O–H groups in total. The summed E-state index contributed by atoms with van der Waals surface area (Å²) in [5, 5.41) is 37.1. The molecular formula is C66H90N8O19S2. The van der Waals surface area contributed by atoms with Crippen molar-refractivity contribution in [3.63, 3.8) is 0 Å². The van der Waals surface area contributed by atoms with Crippen LogP contribution in [0.2, 0.25) is 0 Å². The van der Waals surface area contributed by atoms with Gasteiger partial charge in [-0.25, -0.2) is 31.6 Å². The number of methoxy groups -OCH3 is 2. The number of nitrogens with one attached hydrogen (secondary N) is 5. The van der Waals surface area contributed by atoms with Crippen molar-refractivity contribution in [3.8, 4) is 34.8 Å². The highest BCUT2D eigenvalue weighted by Crippen LogP contribution is 2.47. The molecule has 2 aromatic heterocycles. The zero-order chi connectivity index (χ0) is 70.1. The van der Waals surface area contributed by atoms with Crippen LogP contribution in [-0.4, -0.2) is 181 Å². The largest absolute Gasteiger partial charge is 0.496 e. The number of hydrogen-bond acceptors (Lipinski definition) is 21. The van der Waals surface area contributed by atoms with Crippen molar-refractivity contribution >= 4 is 77.4 Å². The summed E-state index contributed by atoms with van der Waals surface area (Å²) in [4.78, 5) is 87.8. The molecule has 2 aromatic carbocycles. The number of aryl methyl sites for hydroxylation is 2. The number of ether oxygens (including phenoxy) is 6. The van der Waals surface area contributed by atoms with Crippen LogP contribution < -0.4 is 53.8 Å². The minimum absolute atomic E-state index is 0.0346. The van der Waals surface area contributed by atoms with E-state index in [2.05, 4.69) is 48.5 Å². The van der Waals surface area contributed by atoms with E-state index in [1.165, 1.54) is 11.0 Å². The highest BCUT2D eigenvalue weighted by molar-refractivity contribution is 7.91. The Hall–Kier alpha value is -7.86. The van der Waals surface area contributed by atoms with Crippen LogP contribution in [0.1, 0.15) is 118 Å². The number of benzene rings is 2. The summed E-state index contributed by atoms with van der Waals surface area (Å²) in [6.07, 6.45) is 2.19. The van der Waals surface area contributed by atoms with Gasteiger partial charge in [-0.05, 0) is 101 Å². The number of sulfonamides is 2. The number of carbonyl (C=O) groups excluding carboxylic acids is 5. The van der Waals surface area contributed by atoms with Crippen molar-refractivity contribution in [1.29, 1.82) is 0 Å². The van der Waals surface area contributed by atoms with Gasteiger partial charge in [0, 0.05) is 65.3 Å². The van der Waals surface area contributed by atoms with Crippen LogP contribution >= 0.6 is 0 Å². The monoisotopic (exact) mass is 1360 g/mol. The molecule has 4 aromatic rings. The normalized spacial score (nSPS) is 24.4. The predicted octanol–water partition coefficient (Wildman–Crippen LogP) is 4.58. The van der Waals surface area contributed by atoms with Crippen LogP contribution in [0.15, 0.2) is 61.7 Å². The standard InChI is InChI=1S/C33H44N4O9S.C27H34N4O7S.C6H12O3/c1-8-19-16-33(19,31(41)36-47(42,43)21-10-11-21)35-29(39)23-14-20(17-37(23)30(40)28(38)32(4,5)6)46-25-15-26(45-9-2)34-27-18(3)24(44-7)13-12-22(25)27;1-5-16-13-27(16,26(33)31-39(34,35)18-7-8-18)30-25(32)20-11-17(14-28-20)38-22-12-23(37-6-2)29-24-15(3)21(36-4)10-9-19(22)24;1-6(2,3)4(7)5(8)9/h8,12-13,15,19-21,23,28,38H,1,9-11,14,16-17H2,2-7H3,(H,35,39)(H,36,41);5,9-10,12,16-18,20,28H,1,6-8,11,13-14H2,2-4H3,(H,30,32)(H,31,33);4,7H,1-3H3,(H,8,9)/t19?,20-,23+,28-,33-;16?,17-,20+,27-;4-/m111/s1. The third-order valence-electron chi connectivity index (χ3n) is 17.7. The average molecular weight is 1360 g/mol. The molecule has 520 valence electrons. The third kappa shape index (κ3) is 16.3. The summed E-state index contributed by atoms with van der Waals surface area (Å²) in [5.74, 6) is -2.17. The zero-order valence-corrected chi connectivity index (χ0v) is 57.5. The van der Waals surface area contributed by atoms with E-state index in [1.54, 1.807) is 80.0 Å². The number of aliphatic carboxylic acids is 1. The average Bonchev–Trinajstić information content (AvgIpc) is 1.58. The number of carboxylic acids is 1. The maximum Gasteiger partial charge on any atom is 0.333 e. The number of aliphatic hydroxyl groups excluding tert-OH is 2. The number of likely N-dealkylation sites (tertiary alicyclic amines) is 1. The van der Waals surface area contributed by atoms with Crippen LogP contribution in [-0.2, 0) is 48.8 Å². The van der Waals surface area contributed by atoms with Crippen molar-refractivity contribution in [3.05, 3.63) is 72.8 Å². The number of nitrogens with zero attached hydrogens (tertiary/aromatic N) is 3. The van der Waals surface area contributed by atoms with Crippen molar-refractivity contribution in [2.45, 2.75) is 179 Å². The molecule has 0 spiro atoms. The van der Waals surface area contributed by atoms with Crippen LogP contribution in [0.5, 0.6) is 34.8 Å². The van der Waals surface area contributed by atoms with Gasteiger partial charge in [0.25, 0.3) is 17.7 Å². The Morgan fingerprint density at radius 3 is 1.47 bits per heavy atom. The van der Waals surface area contributed by atoms with Gasteiger partial charge in [-0.2, -0.15) is 0 Å². The Labute approximate surface area is 553 Å². The van der Waals surface area contributed by atoms with E-state index in [1.807, 2.05) is 45.9 Å². The molecule has 10 rings (SSSR count). The van der Waals surface area contributed by atoms with E-state index in [4.69, 9.17) is 38.6 Å². The summed E-state index contributed by atoms with van der Waals surface area (Å²) in [6.45, 7) is 26.3. The van der Waals surface area contributed by atoms with Gasteiger partial charge in [-0.3, -0.25) is 33.4 Å². The lowest BCUT2D eigenvalue weighted by molar-refractivity contribution is -0.152. The molecule has 0 radical (unpaired) electrons. The molecule has 29 heteroatoms.